The number of carbonyl (C=O) groups excluding carboxylic acids is 21. The van der Waals surface area contributed by atoms with Crippen LogP contribution < -0.4 is 4.74 Å². The van der Waals surface area contributed by atoms with Gasteiger partial charge in [0.25, 0.3) is 0 Å². The first-order chi connectivity index (χ1) is 57.7. The average Bonchev–Trinajstić information content (AvgIpc) is 1.79. The Balaban J connectivity index is 0.000000487. The number of esters is 14. The van der Waals surface area contributed by atoms with Gasteiger partial charge in [-0.2, -0.15) is 0 Å². The summed E-state index contributed by atoms with van der Waals surface area (Å²) < 4.78 is 66.4. The van der Waals surface area contributed by atoms with Gasteiger partial charge < -0.3 is 66.3 Å². The minimum atomic E-state index is -0.792. The summed E-state index contributed by atoms with van der Waals surface area (Å²) in [6.45, 7) is 36.1. The first-order valence-corrected chi connectivity index (χ1v) is 37.4. The minimum Gasteiger partial charge on any atom is -0.466 e. The lowest BCUT2D eigenvalue weighted by atomic mass is 10.2. The predicted molar refractivity (Wildman–Crippen MR) is 429 cm³/mol. The highest BCUT2D eigenvalue weighted by Crippen LogP contribution is 2.28. The zero-order valence-electron chi connectivity index (χ0n) is 69.4. The third-order valence-electron chi connectivity index (χ3n) is 15.7. The molecule has 7 saturated carbocycles. The number of hydrogen-bond donors (Lipinski definition) is 0. The Morgan fingerprint density at radius 1 is 0.317 bits per heavy atom. The second-order valence-corrected chi connectivity index (χ2v) is 28.1. The van der Waals surface area contributed by atoms with E-state index in [4.69, 9.17) is 47.4 Å². The van der Waals surface area contributed by atoms with E-state index in [1.165, 1.54) is 21.3 Å². The Morgan fingerprint density at radius 2 is 0.520 bits per heavy atom. The summed E-state index contributed by atoms with van der Waals surface area (Å²) >= 11 is 0. The standard InChI is InChI=1S/C16H14O5.C14H18O5.C13H16O5.C12H14O5.3C11H12O5/c1-11-9-13(17)14(10-11)21-16(19)8-7-15(18)20-12-5-3-2-4-6-12;1-9-7-10(15)11(8-9)18-12(16)5-6-13(17)19-14(2,3)4;1-8(2)17-12(15)4-5-13(16)18-11-7-9(3)6-10(11)14;1-3-16-11(14)4-5-12(15)17-10-7-8(2)6-9(10)13;3*1-7-5-8(12)9(6-7)16-11(14)4-3-10(13)15-2/h2-8,14H,1,9-10H2;5-6,11H,1,7-8H2,2-4H3;4-5,8,11H,3,6-7H2,1-2H3;4-5,10H,2-3,6-7H2,1H3;3*3-4,9H,1,5-6H2,2H3/b8-7+;6-5+;2*5-4+;3*4-3+/t;;;;2*9-;/m....10./s1. The van der Waals surface area contributed by atoms with Crippen LogP contribution in [-0.4, -0.2) is 206 Å². The normalized spacial score (nSPS) is 19.6. The molecule has 0 amide bonds. The van der Waals surface area contributed by atoms with Gasteiger partial charge in [-0.1, -0.05) is 103 Å². The lowest BCUT2D eigenvalue weighted by Gasteiger charge is -2.17. The number of ketones is 7. The second kappa shape index (κ2) is 54.1. The molecule has 0 aromatic heterocycles. The van der Waals surface area contributed by atoms with Crippen molar-refractivity contribution in [3.05, 3.63) is 200 Å². The van der Waals surface area contributed by atoms with Gasteiger partial charge in [0.2, 0.25) is 0 Å². The van der Waals surface area contributed by atoms with E-state index in [9.17, 15) is 101 Å². The fraction of sp³-hybridized carbons (Fsp3) is 0.375. The summed E-state index contributed by atoms with van der Waals surface area (Å²) in [4.78, 5) is 235. The summed E-state index contributed by atoms with van der Waals surface area (Å²) in [6.07, 6.45) is 11.9. The highest BCUT2D eigenvalue weighted by atomic mass is 16.6. The topological polar surface area (TPSA) is 488 Å². The van der Waals surface area contributed by atoms with E-state index in [0.717, 1.165) is 124 Å². The molecule has 7 aliphatic rings. The molecule has 0 spiro atoms. The van der Waals surface area contributed by atoms with Crippen molar-refractivity contribution >= 4 is 124 Å². The van der Waals surface area contributed by atoms with E-state index in [1.807, 2.05) is 0 Å². The molecule has 7 fully saturated rings. The first kappa shape index (κ1) is 105. The fourth-order valence-corrected chi connectivity index (χ4v) is 10.3. The van der Waals surface area contributed by atoms with Crippen LogP contribution in [0, 0.1) is 0 Å². The molecule has 0 radical (unpaired) electrons. The Bertz CT molecular complexity index is 4320. The van der Waals surface area contributed by atoms with Gasteiger partial charge in [-0.25, -0.2) is 67.1 Å². The number of benzene rings is 1. The summed E-state index contributed by atoms with van der Waals surface area (Å²) in [5.41, 5.74) is 4.62. The summed E-state index contributed by atoms with van der Waals surface area (Å²) in [5, 5.41) is 0. The van der Waals surface area contributed by atoms with E-state index < -0.39 is 132 Å². The van der Waals surface area contributed by atoms with Crippen LogP contribution in [0.15, 0.2) is 200 Å². The average molecular weight is 1720 g/mol. The van der Waals surface area contributed by atoms with Crippen LogP contribution >= 0.6 is 0 Å². The molecular weight excluding hydrogens is 1620 g/mol. The number of methoxy groups -OCH3 is 3. The smallest absolute Gasteiger partial charge is 0.336 e. The van der Waals surface area contributed by atoms with Crippen LogP contribution in [0.25, 0.3) is 0 Å². The van der Waals surface area contributed by atoms with Crippen molar-refractivity contribution in [1.29, 1.82) is 0 Å². The van der Waals surface area contributed by atoms with Crippen LogP contribution in [0.4, 0.5) is 0 Å². The molecule has 1 aromatic rings. The Hall–Kier alpha value is -14.2. The third-order valence-corrected chi connectivity index (χ3v) is 15.7. The van der Waals surface area contributed by atoms with Crippen LogP contribution in [0.1, 0.15) is 131 Å². The maximum atomic E-state index is 11.5. The molecule has 7 aliphatic carbocycles. The SMILES string of the molecule is C=C1CC(=O)C(OC(=O)/C=C/C(=O)OC(C)(C)C)C1.C=C1CC(=O)C(OC(=O)/C=C/C(=O)OC(C)C)C1.C=C1CC(=O)C(OC(=O)/C=C/C(=O)OC)C1.C=C1CC(=O)C(OC(=O)/C=C/C(=O)OCC)C1.C=C1CC(=O)C(OC(=O)/C=C/C(=O)Oc2ccccc2)C1.C=C1CC(=O)[C@@H](OC(=O)/C=C/C(=O)OC)C1.C=C1CC(=O)[C@H](OC(=O)/C=C/C(=O)OC)C1. The first-order valence-electron chi connectivity index (χ1n) is 37.4. The van der Waals surface area contributed by atoms with Gasteiger partial charge in [0.15, 0.2) is 83.2 Å². The molecule has 123 heavy (non-hydrogen) atoms. The highest BCUT2D eigenvalue weighted by molar-refractivity contribution is 6.01. The van der Waals surface area contributed by atoms with Gasteiger partial charge in [-0.05, 0) is 53.7 Å². The number of hydrogen-bond acceptors (Lipinski definition) is 35. The number of Topliss-reactive ketones (excluding diaryl/α,β-unsaturated/α-hetero) is 7. The van der Waals surface area contributed by atoms with Gasteiger partial charge in [0.05, 0.1) is 34.0 Å². The monoisotopic (exact) mass is 1710 g/mol. The van der Waals surface area contributed by atoms with Crippen molar-refractivity contribution < 1.29 is 167 Å². The zero-order chi connectivity index (χ0) is 92.8. The molecule has 8 rings (SSSR count). The molecule has 5 unspecified atom stereocenters. The van der Waals surface area contributed by atoms with Gasteiger partial charge in [-0.15, -0.1) is 0 Å². The summed E-state index contributed by atoms with van der Waals surface area (Å²) in [5.74, 6) is -10.5. The van der Waals surface area contributed by atoms with E-state index in [-0.39, 0.29) is 98.1 Å². The third kappa shape index (κ3) is 45.6. The molecule has 0 heterocycles. The van der Waals surface area contributed by atoms with Gasteiger partial charge >= 0.3 is 83.6 Å². The number of para-hydroxylation sites is 1. The maximum absolute atomic E-state index is 11.5. The predicted octanol–water partition coefficient (Wildman–Crippen LogP) is 7.60. The highest BCUT2D eigenvalue weighted by Gasteiger charge is 2.36. The van der Waals surface area contributed by atoms with Crippen molar-refractivity contribution in [2.45, 2.75) is 186 Å². The van der Waals surface area contributed by atoms with E-state index >= 15 is 0 Å². The second-order valence-electron chi connectivity index (χ2n) is 28.1. The van der Waals surface area contributed by atoms with E-state index in [2.05, 4.69) is 65.0 Å². The Labute approximate surface area is 708 Å². The van der Waals surface area contributed by atoms with E-state index in [1.54, 1.807) is 71.9 Å². The minimum absolute atomic E-state index is 0.159. The van der Waals surface area contributed by atoms with Crippen molar-refractivity contribution in [1.82, 2.24) is 0 Å². The van der Waals surface area contributed by atoms with Gasteiger partial charge in [0.1, 0.15) is 11.4 Å². The van der Waals surface area contributed by atoms with Crippen LogP contribution in [-0.2, 0) is 162 Å². The molecule has 0 saturated heterocycles. The van der Waals surface area contributed by atoms with Crippen molar-refractivity contribution in [3.63, 3.8) is 0 Å². The van der Waals surface area contributed by atoms with Gasteiger partial charge in [-0.3, -0.25) is 33.6 Å². The molecule has 35 heteroatoms. The van der Waals surface area contributed by atoms with E-state index in [0.29, 0.717) is 50.7 Å². The molecule has 660 valence electrons. The molecule has 7 atom stereocenters. The zero-order valence-corrected chi connectivity index (χ0v) is 69.4. The molecule has 35 nitrogen and oxygen atoms in total. The summed E-state index contributed by atoms with van der Waals surface area (Å²) in [7, 11) is 3.59. The fourth-order valence-electron chi connectivity index (χ4n) is 10.3. The number of carbonyl (C=O) groups is 21. The Morgan fingerprint density at radius 3 is 0.715 bits per heavy atom. The number of rotatable bonds is 24. The van der Waals surface area contributed by atoms with Crippen LogP contribution in [0.3, 0.4) is 0 Å². The Kier molecular flexibility index (Phi) is 46.2. The van der Waals surface area contributed by atoms with Crippen LogP contribution in [0.2, 0.25) is 0 Å². The molecular formula is C88H98O35. The van der Waals surface area contributed by atoms with Gasteiger partial charge in [0, 0.05) is 175 Å². The number of ether oxygens (including phenoxy) is 14. The van der Waals surface area contributed by atoms with Crippen LogP contribution in [0.5, 0.6) is 5.75 Å². The molecule has 1 aromatic carbocycles. The summed E-state index contributed by atoms with van der Waals surface area (Å²) in [6, 6.07) is 8.47. The van der Waals surface area contributed by atoms with Crippen molar-refractivity contribution in [2.24, 2.45) is 0 Å². The molecule has 0 bridgehead atoms. The van der Waals surface area contributed by atoms with Crippen molar-refractivity contribution in [2.75, 3.05) is 27.9 Å². The molecule has 0 aliphatic heterocycles. The van der Waals surface area contributed by atoms with Crippen molar-refractivity contribution in [3.8, 4) is 5.75 Å². The quantitative estimate of drug-likeness (QED) is 0.0316. The maximum Gasteiger partial charge on any atom is 0.336 e. The molecule has 0 N–H and O–H groups in total. The lowest BCUT2D eigenvalue weighted by molar-refractivity contribution is -0.150. The largest absolute Gasteiger partial charge is 0.466 e. The lowest BCUT2D eigenvalue weighted by Crippen LogP contribution is -2.23.